The quantitative estimate of drug-likeness (QED) is 0.0790. The molecular weight excluding hydrogens is 673 g/mol. The Labute approximate surface area is 298 Å². The SMILES string of the molecule is CCOc1ccc(-c2csc(NC(=O)C(C)Sc3ccc(NC(=O)/C(=C/c4cccc(OC)c4OC)NC(=O)c4ccccc4)cc3)n2)cc1. The predicted molar refractivity (Wildman–Crippen MR) is 199 cm³/mol. The molecule has 0 spiro atoms. The number of benzene rings is 4. The molecule has 0 radical (unpaired) electrons. The van der Waals surface area contributed by atoms with Crippen molar-refractivity contribution < 1.29 is 28.6 Å². The molecule has 0 fully saturated rings. The molecule has 5 aromatic rings. The Morgan fingerprint density at radius 3 is 2.30 bits per heavy atom. The van der Waals surface area contributed by atoms with E-state index in [1.54, 1.807) is 60.7 Å². The summed E-state index contributed by atoms with van der Waals surface area (Å²) in [5.41, 5.74) is 3.13. The fourth-order valence-corrected chi connectivity index (χ4v) is 6.35. The molecule has 0 saturated carbocycles. The molecule has 0 bridgehead atoms. The lowest BCUT2D eigenvalue weighted by atomic mass is 10.1. The number of nitrogens with one attached hydrogen (secondary N) is 3. The van der Waals surface area contributed by atoms with Gasteiger partial charge in [0.25, 0.3) is 11.8 Å². The molecule has 0 aliphatic heterocycles. The Morgan fingerprint density at radius 2 is 1.62 bits per heavy atom. The van der Waals surface area contributed by atoms with Crippen molar-refractivity contribution in [3.63, 3.8) is 0 Å². The van der Waals surface area contributed by atoms with Crippen molar-refractivity contribution in [3.05, 3.63) is 119 Å². The second kappa shape index (κ2) is 17.2. The summed E-state index contributed by atoms with van der Waals surface area (Å²) in [7, 11) is 3.02. The van der Waals surface area contributed by atoms with Crippen LogP contribution in [-0.4, -0.2) is 48.8 Å². The number of aromatic nitrogens is 1. The summed E-state index contributed by atoms with van der Waals surface area (Å²) < 4.78 is 16.4. The highest BCUT2D eigenvalue weighted by Crippen LogP contribution is 2.33. The summed E-state index contributed by atoms with van der Waals surface area (Å²) in [6, 6.07) is 28.6. The van der Waals surface area contributed by atoms with Crippen molar-refractivity contribution in [2.75, 3.05) is 31.5 Å². The number of methoxy groups -OCH3 is 2. The van der Waals surface area contributed by atoms with Gasteiger partial charge in [0.05, 0.1) is 31.8 Å². The number of amides is 3. The summed E-state index contributed by atoms with van der Waals surface area (Å²) in [4.78, 5) is 45.0. The maximum atomic E-state index is 13.6. The monoisotopic (exact) mass is 708 g/mol. The molecule has 1 aromatic heterocycles. The standard InChI is InChI=1S/C38H36N4O6S2/c1-5-48-29-18-14-25(15-19-29)32-23-49-38(41-32)42-35(43)24(2)50-30-20-16-28(17-21-30)39-37(45)31(40-36(44)26-10-7-6-8-11-26)22-27-12-9-13-33(46-3)34(27)47-4/h6-24H,5H2,1-4H3,(H,39,45)(H,40,44)(H,41,42,43)/b31-22-. The van der Waals surface area contributed by atoms with Crippen LogP contribution in [0.15, 0.2) is 113 Å². The van der Waals surface area contributed by atoms with Gasteiger partial charge in [-0.1, -0.05) is 30.3 Å². The summed E-state index contributed by atoms with van der Waals surface area (Å²) in [5, 5.41) is 10.5. The molecule has 256 valence electrons. The van der Waals surface area contributed by atoms with Gasteiger partial charge in [-0.05, 0) is 86.7 Å². The Hall–Kier alpha value is -5.59. The fourth-order valence-electron chi connectivity index (χ4n) is 4.76. The molecular formula is C38H36N4O6S2. The third kappa shape index (κ3) is 9.30. The molecule has 0 aliphatic rings. The molecule has 1 atom stereocenters. The molecule has 5 rings (SSSR count). The number of carbonyl (C=O) groups is 3. The number of nitrogens with zero attached hydrogens (tertiary/aromatic N) is 1. The molecule has 0 saturated heterocycles. The lowest BCUT2D eigenvalue weighted by Crippen LogP contribution is -2.30. The van der Waals surface area contributed by atoms with Crippen molar-refractivity contribution in [2.45, 2.75) is 24.0 Å². The van der Waals surface area contributed by atoms with Crippen molar-refractivity contribution in [1.82, 2.24) is 10.3 Å². The molecule has 3 N–H and O–H groups in total. The number of anilines is 2. The summed E-state index contributed by atoms with van der Waals surface area (Å²) in [6.45, 7) is 4.35. The summed E-state index contributed by atoms with van der Waals surface area (Å²) in [6.07, 6.45) is 1.53. The molecule has 1 heterocycles. The Morgan fingerprint density at radius 1 is 0.880 bits per heavy atom. The molecule has 1 unspecified atom stereocenters. The van der Waals surface area contributed by atoms with Gasteiger partial charge in [-0.15, -0.1) is 23.1 Å². The second-order valence-electron chi connectivity index (χ2n) is 10.7. The van der Waals surface area contributed by atoms with Crippen LogP contribution < -0.4 is 30.2 Å². The van der Waals surface area contributed by atoms with E-state index in [2.05, 4.69) is 20.9 Å². The van der Waals surface area contributed by atoms with E-state index in [1.165, 1.54) is 43.4 Å². The first kappa shape index (κ1) is 35.7. The maximum absolute atomic E-state index is 13.6. The van der Waals surface area contributed by atoms with Crippen molar-refractivity contribution >= 4 is 57.7 Å². The van der Waals surface area contributed by atoms with Gasteiger partial charge in [0.2, 0.25) is 5.91 Å². The molecule has 12 heteroatoms. The van der Waals surface area contributed by atoms with Crippen LogP contribution in [0.4, 0.5) is 10.8 Å². The van der Waals surface area contributed by atoms with Crippen LogP contribution in [0, 0.1) is 0 Å². The number of carbonyl (C=O) groups excluding carboxylic acids is 3. The molecule has 0 aliphatic carbocycles. The lowest BCUT2D eigenvalue weighted by Gasteiger charge is -2.14. The van der Waals surface area contributed by atoms with E-state index in [9.17, 15) is 14.4 Å². The van der Waals surface area contributed by atoms with Crippen molar-refractivity contribution in [2.24, 2.45) is 0 Å². The Kier molecular flexibility index (Phi) is 12.3. The number of rotatable bonds is 14. The topological polar surface area (TPSA) is 128 Å². The van der Waals surface area contributed by atoms with E-state index in [4.69, 9.17) is 14.2 Å². The minimum atomic E-state index is -0.541. The van der Waals surface area contributed by atoms with Gasteiger partial charge in [-0.2, -0.15) is 0 Å². The van der Waals surface area contributed by atoms with Crippen molar-refractivity contribution in [3.8, 4) is 28.5 Å². The number of para-hydroxylation sites is 1. The number of hydrogen-bond acceptors (Lipinski definition) is 9. The Balaban J connectivity index is 1.23. The van der Waals surface area contributed by atoms with E-state index >= 15 is 0 Å². The third-order valence-electron chi connectivity index (χ3n) is 7.25. The molecule has 50 heavy (non-hydrogen) atoms. The zero-order valence-corrected chi connectivity index (χ0v) is 29.5. The predicted octanol–water partition coefficient (Wildman–Crippen LogP) is 7.75. The van der Waals surface area contributed by atoms with Crippen molar-refractivity contribution in [1.29, 1.82) is 0 Å². The van der Waals surface area contributed by atoms with Crippen LogP contribution >= 0.6 is 23.1 Å². The highest BCUT2D eigenvalue weighted by molar-refractivity contribution is 8.00. The van der Waals surface area contributed by atoms with Crippen LogP contribution in [0.3, 0.4) is 0 Å². The zero-order chi connectivity index (χ0) is 35.5. The van der Waals surface area contributed by atoms with Gasteiger partial charge in [0.1, 0.15) is 11.4 Å². The summed E-state index contributed by atoms with van der Waals surface area (Å²) >= 11 is 2.73. The van der Waals surface area contributed by atoms with E-state index in [1.807, 2.05) is 55.6 Å². The lowest BCUT2D eigenvalue weighted by molar-refractivity contribution is -0.115. The van der Waals surface area contributed by atoms with Gasteiger partial charge in [0, 0.05) is 32.7 Å². The fraction of sp³-hybridized carbons (Fsp3) is 0.158. The van der Waals surface area contributed by atoms with Gasteiger partial charge in [-0.3, -0.25) is 14.4 Å². The van der Waals surface area contributed by atoms with Gasteiger partial charge < -0.3 is 30.2 Å². The van der Waals surface area contributed by atoms with Crippen LogP contribution in [0.1, 0.15) is 29.8 Å². The number of thioether (sulfide) groups is 1. The molecule has 3 amide bonds. The van der Waals surface area contributed by atoms with Gasteiger partial charge in [0.15, 0.2) is 16.6 Å². The minimum absolute atomic E-state index is 0.00187. The van der Waals surface area contributed by atoms with E-state index in [0.717, 1.165) is 21.9 Å². The number of thiazole rings is 1. The van der Waals surface area contributed by atoms with E-state index in [-0.39, 0.29) is 11.6 Å². The van der Waals surface area contributed by atoms with Gasteiger partial charge in [-0.25, -0.2) is 4.98 Å². The first-order valence-corrected chi connectivity index (χ1v) is 17.4. The van der Waals surface area contributed by atoms with Gasteiger partial charge >= 0.3 is 0 Å². The highest BCUT2D eigenvalue weighted by Gasteiger charge is 2.19. The first-order valence-electron chi connectivity index (χ1n) is 15.6. The maximum Gasteiger partial charge on any atom is 0.272 e. The third-order valence-corrected chi connectivity index (χ3v) is 9.12. The normalized spacial score (nSPS) is 11.6. The van der Waals surface area contributed by atoms with Crippen LogP contribution in [0.25, 0.3) is 17.3 Å². The van der Waals surface area contributed by atoms with Crippen LogP contribution in [0.5, 0.6) is 17.2 Å². The first-order chi connectivity index (χ1) is 24.3. The average Bonchev–Trinajstić information content (AvgIpc) is 3.61. The minimum Gasteiger partial charge on any atom is -0.494 e. The van der Waals surface area contributed by atoms with E-state index < -0.39 is 17.1 Å². The summed E-state index contributed by atoms with van der Waals surface area (Å²) in [5.74, 6) is 0.513. The van der Waals surface area contributed by atoms with Crippen LogP contribution in [-0.2, 0) is 9.59 Å². The Bertz CT molecular complexity index is 1960. The largest absolute Gasteiger partial charge is 0.494 e. The number of hydrogen-bond donors (Lipinski definition) is 3. The smallest absolute Gasteiger partial charge is 0.272 e. The zero-order valence-electron chi connectivity index (χ0n) is 27.9. The highest BCUT2D eigenvalue weighted by atomic mass is 32.2. The average molecular weight is 709 g/mol. The molecule has 10 nitrogen and oxygen atoms in total. The molecule has 4 aromatic carbocycles. The number of ether oxygens (including phenoxy) is 3. The second-order valence-corrected chi connectivity index (χ2v) is 13.0. The van der Waals surface area contributed by atoms with E-state index in [0.29, 0.717) is 40.1 Å². The van der Waals surface area contributed by atoms with Crippen LogP contribution in [0.2, 0.25) is 0 Å².